The molecule has 1 heterocycles. The fraction of sp³-hybridized carbons (Fsp3) is 0.167. The number of benzene rings is 1. The Bertz CT molecular complexity index is 873. The van der Waals surface area contributed by atoms with Gasteiger partial charge >= 0.3 is 0 Å². The van der Waals surface area contributed by atoms with Crippen LogP contribution in [0.1, 0.15) is 4.88 Å². The summed E-state index contributed by atoms with van der Waals surface area (Å²) in [6.07, 6.45) is 0. The number of primary sulfonamides is 1. The third-order valence-corrected chi connectivity index (χ3v) is 6.83. The van der Waals surface area contributed by atoms with Crippen LogP contribution in [0.2, 0.25) is 4.34 Å². The Hall–Kier alpha value is -0.970. The largest absolute Gasteiger partial charge is 0.243 e. The predicted molar refractivity (Wildman–Crippen MR) is 85.8 cm³/mol. The molecule has 0 radical (unpaired) electrons. The van der Waals surface area contributed by atoms with Crippen LogP contribution in [0.5, 0.6) is 0 Å². The van der Waals surface area contributed by atoms with E-state index < -0.39 is 20.0 Å². The van der Waals surface area contributed by atoms with E-state index in [4.69, 9.17) is 16.7 Å². The van der Waals surface area contributed by atoms with Crippen molar-refractivity contribution in [2.45, 2.75) is 16.3 Å². The van der Waals surface area contributed by atoms with Gasteiger partial charge < -0.3 is 0 Å². The molecule has 0 aliphatic rings. The summed E-state index contributed by atoms with van der Waals surface area (Å²) in [5.74, 6) is 0. The minimum absolute atomic E-state index is 0.00921. The SMILES string of the molecule is CN(Cc1ccc(Cl)s1)S(=O)(=O)c1ccc(S(N)(=O)=O)cc1. The van der Waals surface area contributed by atoms with Crippen molar-refractivity contribution in [1.29, 1.82) is 0 Å². The van der Waals surface area contributed by atoms with Gasteiger partial charge in [-0.3, -0.25) is 0 Å². The van der Waals surface area contributed by atoms with Gasteiger partial charge in [-0.2, -0.15) is 4.31 Å². The summed E-state index contributed by atoms with van der Waals surface area (Å²) in [6, 6.07) is 8.21. The minimum Gasteiger partial charge on any atom is -0.225 e. The summed E-state index contributed by atoms with van der Waals surface area (Å²) < 4.78 is 48.9. The van der Waals surface area contributed by atoms with Gasteiger partial charge in [0.2, 0.25) is 20.0 Å². The Balaban J connectivity index is 2.26. The van der Waals surface area contributed by atoms with E-state index in [0.29, 0.717) is 4.34 Å². The van der Waals surface area contributed by atoms with Crippen molar-refractivity contribution in [2.75, 3.05) is 7.05 Å². The number of hydrogen-bond donors (Lipinski definition) is 1. The van der Waals surface area contributed by atoms with Crippen LogP contribution in [0, 0.1) is 0 Å². The molecular weight excluding hydrogens is 368 g/mol. The number of nitrogens with zero attached hydrogens (tertiary/aromatic N) is 1. The van der Waals surface area contributed by atoms with E-state index in [1.807, 2.05) is 0 Å². The normalized spacial score (nSPS) is 12.7. The Morgan fingerprint density at radius 3 is 2.05 bits per heavy atom. The average molecular weight is 381 g/mol. The highest BCUT2D eigenvalue weighted by molar-refractivity contribution is 7.89. The average Bonchev–Trinajstić information content (AvgIpc) is 2.83. The van der Waals surface area contributed by atoms with Gasteiger partial charge in [0.15, 0.2) is 0 Å². The highest BCUT2D eigenvalue weighted by Crippen LogP contribution is 2.25. The van der Waals surface area contributed by atoms with Crippen molar-refractivity contribution in [1.82, 2.24) is 4.31 Å². The molecular formula is C12H13ClN2O4S3. The molecule has 1 aromatic heterocycles. The van der Waals surface area contributed by atoms with E-state index in [1.54, 1.807) is 12.1 Å². The standard InChI is InChI=1S/C12H13ClN2O4S3/c1-15(8-9-2-7-12(13)20-9)22(18,19)11-5-3-10(4-6-11)21(14,16)17/h2-7H,8H2,1H3,(H2,14,16,17). The van der Waals surface area contributed by atoms with Gasteiger partial charge in [0.25, 0.3) is 0 Å². The Morgan fingerprint density at radius 2 is 1.59 bits per heavy atom. The molecule has 0 unspecified atom stereocenters. The molecule has 0 aliphatic carbocycles. The zero-order chi connectivity index (χ0) is 16.5. The smallest absolute Gasteiger partial charge is 0.225 e. The van der Waals surface area contributed by atoms with Gasteiger partial charge in [0.1, 0.15) is 0 Å². The number of halogens is 1. The van der Waals surface area contributed by atoms with E-state index >= 15 is 0 Å². The maximum atomic E-state index is 12.4. The molecule has 2 rings (SSSR count). The molecule has 120 valence electrons. The lowest BCUT2D eigenvalue weighted by molar-refractivity contribution is 0.469. The quantitative estimate of drug-likeness (QED) is 0.856. The van der Waals surface area contributed by atoms with Crippen LogP contribution in [0.25, 0.3) is 0 Å². The zero-order valence-corrected chi connectivity index (χ0v) is 14.6. The lowest BCUT2D eigenvalue weighted by Gasteiger charge is -2.16. The highest BCUT2D eigenvalue weighted by atomic mass is 35.5. The Labute approximate surface area is 138 Å². The van der Waals surface area contributed by atoms with Crippen LogP contribution >= 0.6 is 22.9 Å². The lowest BCUT2D eigenvalue weighted by atomic mass is 10.4. The van der Waals surface area contributed by atoms with Gasteiger partial charge in [-0.15, -0.1) is 11.3 Å². The van der Waals surface area contributed by atoms with Crippen LogP contribution in [0.3, 0.4) is 0 Å². The molecule has 10 heteroatoms. The first-order chi connectivity index (χ1) is 10.1. The molecule has 0 saturated heterocycles. The van der Waals surface area contributed by atoms with Crippen molar-refractivity contribution >= 4 is 43.0 Å². The van der Waals surface area contributed by atoms with Crippen LogP contribution in [0.4, 0.5) is 0 Å². The number of thiophene rings is 1. The minimum atomic E-state index is -3.85. The third kappa shape index (κ3) is 3.86. The number of nitrogens with two attached hydrogens (primary N) is 1. The van der Waals surface area contributed by atoms with E-state index in [-0.39, 0.29) is 16.3 Å². The fourth-order valence-corrected chi connectivity index (χ4v) is 4.61. The van der Waals surface area contributed by atoms with Crippen molar-refractivity contribution in [3.8, 4) is 0 Å². The summed E-state index contributed by atoms with van der Waals surface area (Å²) in [6.45, 7) is 0.177. The van der Waals surface area contributed by atoms with E-state index in [9.17, 15) is 16.8 Å². The molecule has 0 spiro atoms. The Morgan fingerprint density at radius 1 is 1.05 bits per heavy atom. The van der Waals surface area contributed by atoms with Gasteiger partial charge in [0, 0.05) is 18.5 Å². The zero-order valence-electron chi connectivity index (χ0n) is 11.4. The second kappa shape index (κ2) is 6.26. The van der Waals surface area contributed by atoms with Gasteiger partial charge in [0.05, 0.1) is 14.1 Å². The molecule has 2 N–H and O–H groups in total. The van der Waals surface area contributed by atoms with Gasteiger partial charge in [-0.25, -0.2) is 22.0 Å². The topological polar surface area (TPSA) is 97.5 Å². The second-order valence-corrected chi connectivity index (χ2v) is 9.89. The third-order valence-electron chi connectivity index (χ3n) is 2.87. The first kappa shape index (κ1) is 17.4. The van der Waals surface area contributed by atoms with Crippen LogP contribution < -0.4 is 5.14 Å². The summed E-state index contributed by atoms with van der Waals surface area (Å²) in [7, 11) is -6.14. The summed E-state index contributed by atoms with van der Waals surface area (Å²) in [5.41, 5.74) is 0. The highest BCUT2D eigenvalue weighted by Gasteiger charge is 2.22. The maximum absolute atomic E-state index is 12.4. The molecule has 0 atom stereocenters. The molecule has 2 aromatic rings. The summed E-state index contributed by atoms with van der Waals surface area (Å²) in [4.78, 5) is 0.654. The lowest BCUT2D eigenvalue weighted by Crippen LogP contribution is -2.26. The molecule has 0 amide bonds. The molecule has 0 fully saturated rings. The summed E-state index contributed by atoms with van der Waals surface area (Å²) >= 11 is 7.11. The van der Waals surface area contributed by atoms with Gasteiger partial charge in [-0.05, 0) is 36.4 Å². The molecule has 0 saturated carbocycles. The van der Waals surface area contributed by atoms with Crippen LogP contribution in [-0.4, -0.2) is 28.2 Å². The summed E-state index contributed by atoms with van der Waals surface area (Å²) in [5, 5.41) is 4.98. The molecule has 6 nitrogen and oxygen atoms in total. The second-order valence-electron chi connectivity index (χ2n) is 4.48. The monoisotopic (exact) mass is 380 g/mol. The number of sulfonamides is 2. The van der Waals surface area contributed by atoms with Crippen molar-refractivity contribution < 1.29 is 16.8 Å². The Kier molecular flexibility index (Phi) is 4.95. The maximum Gasteiger partial charge on any atom is 0.243 e. The van der Waals surface area contributed by atoms with E-state index in [0.717, 1.165) is 17.0 Å². The van der Waals surface area contributed by atoms with Crippen molar-refractivity contribution in [2.24, 2.45) is 5.14 Å². The van der Waals surface area contributed by atoms with Crippen LogP contribution in [0.15, 0.2) is 46.2 Å². The molecule has 22 heavy (non-hydrogen) atoms. The molecule has 0 aliphatic heterocycles. The number of hydrogen-bond acceptors (Lipinski definition) is 5. The molecule has 1 aromatic carbocycles. The van der Waals surface area contributed by atoms with E-state index in [1.165, 1.54) is 34.8 Å². The first-order valence-electron chi connectivity index (χ1n) is 5.94. The predicted octanol–water partition coefficient (Wildman–Crippen LogP) is 1.87. The number of rotatable bonds is 5. The van der Waals surface area contributed by atoms with Crippen molar-refractivity contribution in [3.63, 3.8) is 0 Å². The molecule has 0 bridgehead atoms. The van der Waals surface area contributed by atoms with Crippen LogP contribution in [-0.2, 0) is 26.6 Å². The van der Waals surface area contributed by atoms with Crippen molar-refractivity contribution in [3.05, 3.63) is 45.6 Å². The fourth-order valence-electron chi connectivity index (χ4n) is 1.72. The van der Waals surface area contributed by atoms with Gasteiger partial charge in [-0.1, -0.05) is 11.6 Å². The first-order valence-corrected chi connectivity index (χ1v) is 10.1. The van der Waals surface area contributed by atoms with E-state index in [2.05, 4.69) is 0 Å².